The predicted octanol–water partition coefficient (Wildman–Crippen LogP) is 3.33. The second kappa shape index (κ2) is 6.29. The second-order valence-corrected chi connectivity index (χ2v) is 6.74. The molecule has 1 N–H and O–H groups in total. The standard InChI is InChI=1S/C18H26N2O2/c1-12-5-4-6-13(2)20(12)11-17(21)15-7-8-18-16(9-15)19-10-14(3)22-18/h7-9,12-14,19H,4-6,10-11H2,1-3H3. The van der Waals surface area contributed by atoms with Gasteiger partial charge in [-0.3, -0.25) is 9.69 Å². The highest BCUT2D eigenvalue weighted by molar-refractivity contribution is 5.99. The van der Waals surface area contributed by atoms with Crippen LogP contribution in [-0.4, -0.2) is 42.0 Å². The molecule has 3 rings (SSSR count). The van der Waals surface area contributed by atoms with Crippen molar-refractivity contribution in [3.63, 3.8) is 0 Å². The van der Waals surface area contributed by atoms with Crippen molar-refractivity contribution in [3.05, 3.63) is 23.8 Å². The van der Waals surface area contributed by atoms with Gasteiger partial charge in [-0.05, 0) is 51.8 Å². The highest BCUT2D eigenvalue weighted by Crippen LogP contribution is 2.30. The predicted molar refractivity (Wildman–Crippen MR) is 88.8 cm³/mol. The van der Waals surface area contributed by atoms with Crippen molar-refractivity contribution in [2.75, 3.05) is 18.4 Å². The topological polar surface area (TPSA) is 41.6 Å². The van der Waals surface area contributed by atoms with Crippen molar-refractivity contribution in [3.8, 4) is 5.75 Å². The van der Waals surface area contributed by atoms with E-state index in [0.29, 0.717) is 18.6 Å². The molecule has 0 bridgehead atoms. The van der Waals surface area contributed by atoms with E-state index in [0.717, 1.165) is 23.5 Å². The normalized spacial score (nSPS) is 28.4. The van der Waals surface area contributed by atoms with Crippen molar-refractivity contribution >= 4 is 11.5 Å². The van der Waals surface area contributed by atoms with Gasteiger partial charge in [0.05, 0.1) is 18.8 Å². The van der Waals surface area contributed by atoms with Crippen LogP contribution >= 0.6 is 0 Å². The Balaban J connectivity index is 1.72. The van der Waals surface area contributed by atoms with Gasteiger partial charge in [-0.15, -0.1) is 0 Å². The number of rotatable bonds is 3. The van der Waals surface area contributed by atoms with Gasteiger partial charge in [0.15, 0.2) is 5.78 Å². The number of anilines is 1. The summed E-state index contributed by atoms with van der Waals surface area (Å²) in [5.41, 5.74) is 1.71. The van der Waals surface area contributed by atoms with E-state index in [1.54, 1.807) is 0 Å². The van der Waals surface area contributed by atoms with Crippen LogP contribution in [0.4, 0.5) is 5.69 Å². The number of piperidine rings is 1. The van der Waals surface area contributed by atoms with Gasteiger partial charge < -0.3 is 10.1 Å². The number of benzene rings is 1. The number of ketones is 1. The second-order valence-electron chi connectivity index (χ2n) is 6.74. The largest absolute Gasteiger partial charge is 0.487 e. The Morgan fingerprint density at radius 1 is 1.27 bits per heavy atom. The van der Waals surface area contributed by atoms with Gasteiger partial charge in [0.2, 0.25) is 0 Å². The number of hydrogen-bond acceptors (Lipinski definition) is 4. The Morgan fingerprint density at radius 2 is 2.00 bits per heavy atom. The van der Waals surface area contributed by atoms with Crippen molar-refractivity contribution in [2.24, 2.45) is 0 Å². The van der Waals surface area contributed by atoms with E-state index in [9.17, 15) is 4.79 Å². The van der Waals surface area contributed by atoms with Crippen LogP contribution < -0.4 is 10.1 Å². The van der Waals surface area contributed by atoms with Gasteiger partial charge in [-0.25, -0.2) is 0 Å². The molecule has 4 heteroatoms. The fourth-order valence-corrected chi connectivity index (χ4v) is 3.50. The molecule has 0 amide bonds. The third-order valence-corrected chi connectivity index (χ3v) is 4.91. The van der Waals surface area contributed by atoms with Gasteiger partial charge in [-0.1, -0.05) is 6.42 Å². The lowest BCUT2D eigenvalue weighted by molar-refractivity contribution is 0.0734. The van der Waals surface area contributed by atoms with E-state index >= 15 is 0 Å². The molecule has 0 saturated carbocycles. The summed E-state index contributed by atoms with van der Waals surface area (Å²) in [6.45, 7) is 7.79. The third-order valence-electron chi connectivity index (χ3n) is 4.91. The zero-order valence-electron chi connectivity index (χ0n) is 13.8. The van der Waals surface area contributed by atoms with Gasteiger partial charge in [0.25, 0.3) is 0 Å². The van der Waals surface area contributed by atoms with Crippen LogP contribution in [0.15, 0.2) is 18.2 Å². The Hall–Kier alpha value is -1.55. The highest BCUT2D eigenvalue weighted by atomic mass is 16.5. The van der Waals surface area contributed by atoms with Crippen LogP contribution in [0.3, 0.4) is 0 Å². The number of nitrogens with one attached hydrogen (secondary N) is 1. The minimum absolute atomic E-state index is 0.170. The molecule has 120 valence electrons. The average Bonchev–Trinajstić information content (AvgIpc) is 2.50. The smallest absolute Gasteiger partial charge is 0.176 e. The van der Waals surface area contributed by atoms with Crippen molar-refractivity contribution in [1.29, 1.82) is 0 Å². The van der Waals surface area contributed by atoms with Crippen LogP contribution in [0.1, 0.15) is 50.4 Å². The van der Waals surface area contributed by atoms with Crippen LogP contribution in [0, 0.1) is 0 Å². The summed E-state index contributed by atoms with van der Waals surface area (Å²) in [4.78, 5) is 15.0. The fraction of sp³-hybridized carbons (Fsp3) is 0.611. The zero-order valence-corrected chi connectivity index (χ0v) is 13.8. The van der Waals surface area contributed by atoms with Gasteiger partial charge in [0.1, 0.15) is 11.9 Å². The van der Waals surface area contributed by atoms with Gasteiger partial charge >= 0.3 is 0 Å². The lowest BCUT2D eigenvalue weighted by Gasteiger charge is -2.38. The van der Waals surface area contributed by atoms with E-state index in [1.165, 1.54) is 19.3 Å². The summed E-state index contributed by atoms with van der Waals surface area (Å²) in [6.07, 6.45) is 3.82. The molecule has 0 radical (unpaired) electrons. The molecule has 4 nitrogen and oxygen atoms in total. The molecule has 2 aliphatic heterocycles. The Labute approximate surface area is 132 Å². The number of likely N-dealkylation sites (tertiary alicyclic amines) is 1. The summed E-state index contributed by atoms with van der Waals surface area (Å²) in [6, 6.07) is 6.72. The SMILES string of the molecule is CC1CNc2cc(C(=O)CN3C(C)CCCC3C)ccc2O1. The summed E-state index contributed by atoms with van der Waals surface area (Å²) >= 11 is 0. The molecule has 2 aliphatic rings. The summed E-state index contributed by atoms with van der Waals surface area (Å²) < 4.78 is 5.77. The molecule has 1 fully saturated rings. The molecule has 0 aromatic heterocycles. The van der Waals surface area contributed by atoms with Crippen LogP contribution in [0.5, 0.6) is 5.75 Å². The van der Waals surface area contributed by atoms with Gasteiger partial charge in [-0.2, -0.15) is 0 Å². The first-order valence-corrected chi connectivity index (χ1v) is 8.38. The molecule has 2 heterocycles. The summed E-state index contributed by atoms with van der Waals surface area (Å²) in [7, 11) is 0. The molecule has 0 spiro atoms. The van der Waals surface area contributed by atoms with Gasteiger partial charge in [0, 0.05) is 17.6 Å². The molecular weight excluding hydrogens is 276 g/mol. The van der Waals surface area contributed by atoms with Crippen molar-refractivity contribution in [2.45, 2.75) is 58.2 Å². The zero-order chi connectivity index (χ0) is 15.7. The number of carbonyl (C=O) groups is 1. The van der Waals surface area contributed by atoms with Crippen LogP contribution in [0.25, 0.3) is 0 Å². The first kappa shape index (κ1) is 15.3. The first-order valence-electron chi connectivity index (χ1n) is 8.38. The van der Waals surface area contributed by atoms with Crippen LogP contribution in [-0.2, 0) is 0 Å². The van der Waals surface area contributed by atoms with Crippen molar-refractivity contribution < 1.29 is 9.53 Å². The number of nitrogens with zero attached hydrogens (tertiary/aromatic N) is 1. The minimum Gasteiger partial charge on any atom is -0.487 e. The summed E-state index contributed by atoms with van der Waals surface area (Å²) in [5, 5.41) is 3.34. The molecule has 22 heavy (non-hydrogen) atoms. The molecule has 3 atom stereocenters. The average molecular weight is 302 g/mol. The maximum absolute atomic E-state index is 12.6. The van der Waals surface area contributed by atoms with E-state index in [2.05, 4.69) is 24.1 Å². The molecule has 1 aromatic rings. The van der Waals surface area contributed by atoms with E-state index < -0.39 is 0 Å². The summed E-state index contributed by atoms with van der Waals surface area (Å²) in [5.74, 6) is 1.04. The van der Waals surface area contributed by atoms with Crippen LogP contribution in [0.2, 0.25) is 0 Å². The fourth-order valence-electron chi connectivity index (χ4n) is 3.50. The lowest BCUT2D eigenvalue weighted by atomic mass is 9.96. The monoisotopic (exact) mass is 302 g/mol. The van der Waals surface area contributed by atoms with E-state index in [4.69, 9.17) is 4.74 Å². The number of Topliss-reactive ketones (excluding diaryl/α,β-unsaturated/α-hetero) is 1. The Bertz CT molecular complexity index is 548. The maximum atomic E-state index is 12.6. The third kappa shape index (κ3) is 3.12. The lowest BCUT2D eigenvalue weighted by Crippen LogP contribution is -2.46. The number of carbonyl (C=O) groups excluding carboxylic acids is 1. The van der Waals surface area contributed by atoms with E-state index in [-0.39, 0.29) is 11.9 Å². The molecule has 0 aliphatic carbocycles. The quantitative estimate of drug-likeness (QED) is 0.870. The molecular formula is C18H26N2O2. The molecule has 3 unspecified atom stereocenters. The highest BCUT2D eigenvalue weighted by Gasteiger charge is 2.27. The van der Waals surface area contributed by atoms with E-state index in [1.807, 2.05) is 25.1 Å². The Morgan fingerprint density at radius 3 is 2.73 bits per heavy atom. The maximum Gasteiger partial charge on any atom is 0.176 e. The number of fused-ring (bicyclic) bond motifs is 1. The molecule has 1 aromatic carbocycles. The first-order chi connectivity index (χ1) is 10.5. The minimum atomic E-state index is 0.170. The Kier molecular flexibility index (Phi) is 4.39. The van der Waals surface area contributed by atoms with Crippen molar-refractivity contribution in [1.82, 2.24) is 4.90 Å². The number of ether oxygens (including phenoxy) is 1. The molecule has 1 saturated heterocycles. The number of hydrogen-bond donors (Lipinski definition) is 1.